The van der Waals surface area contributed by atoms with Gasteiger partial charge >= 0.3 is 0 Å². The van der Waals surface area contributed by atoms with E-state index in [0.717, 1.165) is 22.5 Å². The SMILES string of the molecule is CCS(=O)(=O)Nc1cc(-c2cc(NCc3ccc(F)cc3)c(=O)n(C)c2)cc2c1ccn2C(C)(c1ccccn1)c1ccccn1. The molecule has 4 aromatic heterocycles. The highest BCUT2D eigenvalue weighted by atomic mass is 32.2. The lowest BCUT2D eigenvalue weighted by Crippen LogP contribution is -2.34. The molecule has 0 spiro atoms. The van der Waals surface area contributed by atoms with E-state index in [2.05, 4.69) is 14.6 Å². The zero-order valence-corrected chi connectivity index (χ0v) is 26.4. The number of sulfonamides is 1. The van der Waals surface area contributed by atoms with E-state index in [9.17, 15) is 17.6 Å². The van der Waals surface area contributed by atoms with Crippen molar-refractivity contribution >= 4 is 32.3 Å². The standard InChI is InChI=1S/C35H33FN6O3S/c1-4-46(44,45)40-29-19-25(26-20-30(34(43)41(3)23-26)39-22-24-11-13-27(36)14-12-24)21-31-28(29)15-18-42(31)35(2,32-9-5-7-16-37-32)33-10-6-8-17-38-33/h5-21,23,39-40H,4,22H2,1-3H3. The van der Waals surface area contributed by atoms with Gasteiger partial charge in [-0.05, 0) is 85.6 Å². The Balaban J connectivity index is 1.55. The molecule has 9 nitrogen and oxygen atoms in total. The van der Waals surface area contributed by atoms with Crippen molar-refractivity contribution in [3.8, 4) is 11.1 Å². The Kier molecular flexibility index (Phi) is 8.18. The summed E-state index contributed by atoms with van der Waals surface area (Å²) in [5.74, 6) is -0.436. The van der Waals surface area contributed by atoms with E-state index in [1.807, 2.05) is 61.7 Å². The number of aryl methyl sites for hydroxylation is 1. The van der Waals surface area contributed by atoms with E-state index in [-0.39, 0.29) is 17.1 Å². The highest BCUT2D eigenvalue weighted by molar-refractivity contribution is 7.92. The monoisotopic (exact) mass is 636 g/mol. The zero-order chi connectivity index (χ0) is 32.5. The van der Waals surface area contributed by atoms with Crippen LogP contribution in [-0.2, 0) is 29.2 Å². The molecule has 0 amide bonds. The Morgan fingerprint density at radius 2 is 1.52 bits per heavy atom. The van der Waals surface area contributed by atoms with Crippen LogP contribution in [0, 0.1) is 5.82 Å². The summed E-state index contributed by atoms with van der Waals surface area (Å²) in [5, 5.41) is 3.88. The molecular weight excluding hydrogens is 603 g/mol. The molecule has 0 aliphatic carbocycles. The van der Waals surface area contributed by atoms with Gasteiger partial charge < -0.3 is 14.5 Å². The van der Waals surface area contributed by atoms with E-state index in [4.69, 9.17) is 9.97 Å². The van der Waals surface area contributed by atoms with Gasteiger partial charge in [-0.15, -0.1) is 0 Å². The van der Waals surface area contributed by atoms with Gasteiger partial charge in [-0.25, -0.2) is 12.8 Å². The van der Waals surface area contributed by atoms with Gasteiger partial charge in [0.25, 0.3) is 5.56 Å². The van der Waals surface area contributed by atoms with Crippen molar-refractivity contribution < 1.29 is 12.8 Å². The minimum Gasteiger partial charge on any atom is -0.376 e. The first-order chi connectivity index (χ1) is 22.1. The third-order valence-electron chi connectivity index (χ3n) is 8.18. The summed E-state index contributed by atoms with van der Waals surface area (Å²) in [4.78, 5) is 22.5. The molecule has 2 aromatic carbocycles. The number of nitrogens with one attached hydrogen (secondary N) is 2. The Morgan fingerprint density at radius 1 is 0.870 bits per heavy atom. The summed E-state index contributed by atoms with van der Waals surface area (Å²) >= 11 is 0. The summed E-state index contributed by atoms with van der Waals surface area (Å²) in [5.41, 5.74) is 4.08. The van der Waals surface area contributed by atoms with Crippen LogP contribution in [0.25, 0.3) is 22.0 Å². The molecule has 2 N–H and O–H groups in total. The molecule has 0 radical (unpaired) electrons. The highest BCUT2D eigenvalue weighted by Gasteiger charge is 2.35. The molecule has 0 aliphatic heterocycles. The van der Waals surface area contributed by atoms with Crippen molar-refractivity contribution in [2.24, 2.45) is 7.05 Å². The Bertz CT molecular complexity index is 2140. The first kappa shape index (κ1) is 30.7. The normalized spacial score (nSPS) is 11.9. The lowest BCUT2D eigenvalue weighted by atomic mass is 9.91. The molecule has 0 fully saturated rings. The van der Waals surface area contributed by atoms with Crippen LogP contribution in [0.2, 0.25) is 0 Å². The topological polar surface area (TPSA) is 111 Å². The Hall–Kier alpha value is -5.29. The van der Waals surface area contributed by atoms with Gasteiger partial charge in [0.2, 0.25) is 10.0 Å². The average molecular weight is 637 g/mol. The van der Waals surface area contributed by atoms with Gasteiger partial charge in [-0.1, -0.05) is 24.3 Å². The maximum absolute atomic E-state index is 13.4. The van der Waals surface area contributed by atoms with Crippen molar-refractivity contribution in [2.45, 2.75) is 25.9 Å². The number of nitrogens with zero attached hydrogens (tertiary/aromatic N) is 4. The van der Waals surface area contributed by atoms with Gasteiger partial charge in [0.1, 0.15) is 17.0 Å². The second-order valence-corrected chi connectivity index (χ2v) is 13.2. The minimum atomic E-state index is -3.64. The van der Waals surface area contributed by atoms with Crippen LogP contribution >= 0.6 is 0 Å². The summed E-state index contributed by atoms with van der Waals surface area (Å²) in [6.07, 6.45) is 7.10. The number of halogens is 1. The Labute approximate surface area is 266 Å². The molecule has 6 aromatic rings. The molecule has 11 heteroatoms. The maximum atomic E-state index is 13.4. The van der Waals surface area contributed by atoms with Crippen LogP contribution in [0.3, 0.4) is 0 Å². The fourth-order valence-corrected chi connectivity index (χ4v) is 6.25. The molecule has 0 atom stereocenters. The van der Waals surface area contributed by atoms with Crippen molar-refractivity contribution in [2.75, 3.05) is 15.8 Å². The quantitative estimate of drug-likeness (QED) is 0.187. The number of hydrogen-bond acceptors (Lipinski definition) is 6. The van der Waals surface area contributed by atoms with Gasteiger partial charge in [-0.2, -0.15) is 0 Å². The highest BCUT2D eigenvalue weighted by Crippen LogP contribution is 2.39. The number of fused-ring (bicyclic) bond motifs is 1. The number of rotatable bonds is 10. The molecule has 4 heterocycles. The molecule has 0 unspecified atom stereocenters. The van der Waals surface area contributed by atoms with E-state index in [1.165, 1.54) is 16.7 Å². The average Bonchev–Trinajstić information content (AvgIpc) is 3.51. The number of anilines is 2. The fourth-order valence-electron chi connectivity index (χ4n) is 5.60. The maximum Gasteiger partial charge on any atom is 0.273 e. The molecule has 0 bridgehead atoms. The first-order valence-electron chi connectivity index (χ1n) is 14.8. The van der Waals surface area contributed by atoms with Crippen LogP contribution in [-0.4, -0.2) is 33.3 Å². The van der Waals surface area contributed by atoms with E-state index < -0.39 is 15.6 Å². The number of benzene rings is 2. The third-order valence-corrected chi connectivity index (χ3v) is 9.47. The lowest BCUT2D eigenvalue weighted by molar-refractivity contribution is 0.463. The molecule has 0 saturated heterocycles. The zero-order valence-electron chi connectivity index (χ0n) is 25.6. The second kappa shape index (κ2) is 12.2. The van der Waals surface area contributed by atoms with Gasteiger partial charge in [-0.3, -0.25) is 19.5 Å². The van der Waals surface area contributed by atoms with E-state index in [0.29, 0.717) is 34.4 Å². The summed E-state index contributed by atoms with van der Waals surface area (Å²) < 4.78 is 45.5. The molecule has 46 heavy (non-hydrogen) atoms. The minimum absolute atomic E-state index is 0.101. The van der Waals surface area contributed by atoms with Crippen molar-refractivity contribution in [3.63, 3.8) is 0 Å². The van der Waals surface area contributed by atoms with Crippen LogP contribution in [0.15, 0.2) is 115 Å². The third kappa shape index (κ3) is 5.89. The number of aromatic nitrogens is 4. The van der Waals surface area contributed by atoms with Crippen molar-refractivity contribution in [1.29, 1.82) is 0 Å². The second-order valence-electron chi connectivity index (χ2n) is 11.2. The van der Waals surface area contributed by atoms with Gasteiger partial charge in [0, 0.05) is 49.3 Å². The van der Waals surface area contributed by atoms with Gasteiger partial charge in [0.05, 0.1) is 28.3 Å². The van der Waals surface area contributed by atoms with Crippen molar-refractivity contribution in [3.05, 3.63) is 143 Å². The molecule has 234 valence electrons. The van der Waals surface area contributed by atoms with Gasteiger partial charge in [0.15, 0.2) is 0 Å². The summed E-state index contributed by atoms with van der Waals surface area (Å²) in [6.45, 7) is 3.93. The van der Waals surface area contributed by atoms with Crippen LogP contribution in [0.5, 0.6) is 0 Å². The predicted molar refractivity (Wildman–Crippen MR) is 180 cm³/mol. The van der Waals surface area contributed by atoms with Crippen LogP contribution in [0.4, 0.5) is 15.8 Å². The summed E-state index contributed by atoms with van der Waals surface area (Å²) in [7, 11) is -1.97. The van der Waals surface area contributed by atoms with E-state index in [1.54, 1.807) is 56.8 Å². The lowest BCUT2D eigenvalue weighted by Gasteiger charge is -2.32. The smallest absolute Gasteiger partial charge is 0.273 e. The van der Waals surface area contributed by atoms with E-state index >= 15 is 0 Å². The molecule has 0 aliphatic rings. The largest absolute Gasteiger partial charge is 0.376 e. The predicted octanol–water partition coefficient (Wildman–Crippen LogP) is 6.12. The fraction of sp³-hybridized carbons (Fsp3) is 0.171. The van der Waals surface area contributed by atoms with Crippen molar-refractivity contribution in [1.82, 2.24) is 19.1 Å². The van der Waals surface area contributed by atoms with Crippen LogP contribution in [0.1, 0.15) is 30.8 Å². The first-order valence-corrected chi connectivity index (χ1v) is 16.4. The number of pyridine rings is 3. The molecule has 6 rings (SSSR count). The summed E-state index contributed by atoms with van der Waals surface area (Å²) in [6, 6.07) is 24.9. The molecular formula is C35H33FN6O3S. The Morgan fingerprint density at radius 3 is 2.13 bits per heavy atom. The van der Waals surface area contributed by atoms with Crippen LogP contribution < -0.4 is 15.6 Å². The number of hydrogen-bond donors (Lipinski definition) is 2. The molecule has 0 saturated carbocycles.